The van der Waals surface area contributed by atoms with Crippen LogP contribution in [-0.4, -0.2) is 11.4 Å². The van der Waals surface area contributed by atoms with E-state index >= 15 is 0 Å². The minimum absolute atomic E-state index is 0.126. The predicted octanol–water partition coefficient (Wildman–Crippen LogP) is 5.82. The lowest BCUT2D eigenvalue weighted by Crippen LogP contribution is -2.54. The highest BCUT2D eigenvalue weighted by Gasteiger charge is 2.40. The van der Waals surface area contributed by atoms with Gasteiger partial charge in [0.25, 0.3) is 5.91 Å². The average Bonchev–Trinajstić information content (AvgIpc) is 3.05. The van der Waals surface area contributed by atoms with Crippen LogP contribution in [0.5, 0.6) is 11.5 Å². The van der Waals surface area contributed by atoms with Crippen molar-refractivity contribution in [3.8, 4) is 17.6 Å². The van der Waals surface area contributed by atoms with Crippen molar-refractivity contribution < 1.29 is 9.53 Å². The molecule has 158 valence electrons. The van der Waals surface area contributed by atoms with Crippen LogP contribution in [0.3, 0.4) is 0 Å². The summed E-state index contributed by atoms with van der Waals surface area (Å²) in [6.07, 6.45) is 0.743. The number of nitrogens with one attached hydrogen (secondary N) is 2. The molecule has 0 saturated carbocycles. The Labute approximate surface area is 186 Å². The Balaban J connectivity index is 1.55. The van der Waals surface area contributed by atoms with E-state index in [1.807, 2.05) is 30.3 Å². The number of benzene rings is 2. The molecule has 0 saturated heterocycles. The molecule has 1 aliphatic heterocycles. The Bertz CT molecular complexity index is 1160. The maximum atomic E-state index is 12.9. The van der Waals surface area contributed by atoms with E-state index in [4.69, 9.17) is 4.74 Å². The van der Waals surface area contributed by atoms with Gasteiger partial charge in [-0.15, -0.1) is 11.3 Å². The van der Waals surface area contributed by atoms with Crippen LogP contribution in [0.2, 0.25) is 0 Å². The van der Waals surface area contributed by atoms with Crippen LogP contribution in [-0.2, 0) is 12.0 Å². The molecule has 0 atom stereocenters. The summed E-state index contributed by atoms with van der Waals surface area (Å²) in [5, 5.41) is 17.0. The maximum Gasteiger partial charge on any atom is 0.256 e. The molecule has 0 fully saturated rings. The van der Waals surface area contributed by atoms with Crippen LogP contribution >= 0.6 is 11.3 Å². The molecule has 0 radical (unpaired) electrons. The maximum absolute atomic E-state index is 12.9. The van der Waals surface area contributed by atoms with Crippen molar-refractivity contribution in [2.24, 2.45) is 0 Å². The lowest BCUT2D eigenvalue weighted by molar-refractivity contribution is 0.102. The summed E-state index contributed by atoms with van der Waals surface area (Å²) in [6, 6.07) is 18.8. The lowest BCUT2D eigenvalue weighted by Gasteiger charge is -2.42. The highest BCUT2D eigenvalue weighted by molar-refractivity contribution is 7.17. The van der Waals surface area contributed by atoms with E-state index in [2.05, 4.69) is 44.4 Å². The Kier molecular flexibility index (Phi) is 5.34. The van der Waals surface area contributed by atoms with Gasteiger partial charge in [0.15, 0.2) is 0 Å². The van der Waals surface area contributed by atoms with Crippen LogP contribution in [0.4, 0.5) is 5.00 Å². The zero-order chi connectivity index (χ0) is 22.2. The molecule has 1 aromatic heterocycles. The number of fused-ring (bicyclic) bond motifs is 1. The fraction of sp³-hybridized carbons (Fsp3) is 0.280. The number of nitriles is 1. The molecule has 4 rings (SSSR count). The quantitative estimate of drug-likeness (QED) is 0.545. The molecule has 31 heavy (non-hydrogen) atoms. The Morgan fingerprint density at radius 1 is 1.06 bits per heavy atom. The predicted molar refractivity (Wildman–Crippen MR) is 124 cm³/mol. The SMILES string of the molecule is CC1(C)Cc2c(sc(NC(=O)c3ccc(Oc4ccccc4)cc3)c2C#N)C(C)(C)N1. The van der Waals surface area contributed by atoms with E-state index in [-0.39, 0.29) is 17.0 Å². The zero-order valence-corrected chi connectivity index (χ0v) is 18.9. The Morgan fingerprint density at radius 2 is 1.71 bits per heavy atom. The number of nitrogens with zero attached hydrogens (tertiary/aromatic N) is 1. The Hall–Kier alpha value is -3.14. The summed E-state index contributed by atoms with van der Waals surface area (Å²) in [7, 11) is 0. The topological polar surface area (TPSA) is 74.1 Å². The van der Waals surface area contributed by atoms with Gasteiger partial charge in [-0.3, -0.25) is 4.79 Å². The second-order valence-corrected chi connectivity index (χ2v) is 9.95. The van der Waals surface area contributed by atoms with Crippen LogP contribution in [0.1, 0.15) is 54.1 Å². The number of thiophene rings is 1. The number of rotatable bonds is 4. The first-order valence-electron chi connectivity index (χ1n) is 10.2. The molecule has 1 amide bonds. The number of anilines is 1. The molecule has 0 bridgehead atoms. The molecule has 6 heteroatoms. The van der Waals surface area contributed by atoms with Crippen molar-refractivity contribution in [1.82, 2.24) is 5.32 Å². The fourth-order valence-corrected chi connectivity index (χ4v) is 5.43. The monoisotopic (exact) mass is 431 g/mol. The van der Waals surface area contributed by atoms with Gasteiger partial charge in [-0.25, -0.2) is 0 Å². The summed E-state index contributed by atoms with van der Waals surface area (Å²) in [5.74, 6) is 1.15. The molecular formula is C25H25N3O2S. The van der Waals surface area contributed by atoms with Gasteiger partial charge in [-0.05, 0) is 76.1 Å². The number of hydrogen-bond acceptors (Lipinski definition) is 5. The summed E-state index contributed by atoms with van der Waals surface area (Å²) in [4.78, 5) is 14.0. The molecule has 0 spiro atoms. The van der Waals surface area contributed by atoms with E-state index in [0.717, 1.165) is 22.6 Å². The summed E-state index contributed by atoms with van der Waals surface area (Å²) in [5.41, 5.74) is 1.71. The van der Waals surface area contributed by atoms with Gasteiger partial charge in [-0.1, -0.05) is 18.2 Å². The average molecular weight is 432 g/mol. The number of amides is 1. The van der Waals surface area contributed by atoms with Crippen molar-refractivity contribution in [2.75, 3.05) is 5.32 Å². The third kappa shape index (κ3) is 4.34. The van der Waals surface area contributed by atoms with Gasteiger partial charge in [0.05, 0.1) is 5.56 Å². The molecule has 0 aliphatic carbocycles. The van der Waals surface area contributed by atoms with Crippen LogP contribution in [0, 0.1) is 11.3 Å². The smallest absolute Gasteiger partial charge is 0.256 e. The van der Waals surface area contributed by atoms with Crippen LogP contribution in [0.15, 0.2) is 54.6 Å². The number of carbonyl (C=O) groups excluding carboxylic acids is 1. The number of para-hydroxylation sites is 1. The highest BCUT2D eigenvalue weighted by atomic mass is 32.1. The summed E-state index contributed by atoms with van der Waals surface area (Å²) < 4.78 is 5.79. The van der Waals surface area contributed by atoms with Gasteiger partial charge in [0.2, 0.25) is 0 Å². The normalized spacial score (nSPS) is 16.1. The first kappa shape index (κ1) is 21.1. The van der Waals surface area contributed by atoms with E-state index in [1.54, 1.807) is 24.3 Å². The molecule has 2 heterocycles. The number of carbonyl (C=O) groups is 1. The van der Waals surface area contributed by atoms with Gasteiger partial charge >= 0.3 is 0 Å². The summed E-state index contributed by atoms with van der Waals surface area (Å²) in [6.45, 7) is 8.49. The van der Waals surface area contributed by atoms with E-state index in [0.29, 0.717) is 21.9 Å². The third-order valence-corrected chi connectivity index (χ3v) is 6.75. The number of hydrogen-bond donors (Lipinski definition) is 2. The molecular weight excluding hydrogens is 406 g/mol. The van der Waals surface area contributed by atoms with Gasteiger partial charge in [0, 0.05) is 21.5 Å². The van der Waals surface area contributed by atoms with Crippen LogP contribution in [0.25, 0.3) is 0 Å². The van der Waals surface area contributed by atoms with E-state index in [9.17, 15) is 10.1 Å². The van der Waals surface area contributed by atoms with Gasteiger partial charge in [0.1, 0.15) is 22.6 Å². The minimum atomic E-state index is -0.271. The van der Waals surface area contributed by atoms with E-state index < -0.39 is 0 Å². The zero-order valence-electron chi connectivity index (χ0n) is 18.1. The molecule has 5 nitrogen and oxygen atoms in total. The summed E-state index contributed by atoms with van der Waals surface area (Å²) >= 11 is 1.48. The van der Waals surface area contributed by atoms with E-state index in [1.165, 1.54) is 11.3 Å². The van der Waals surface area contributed by atoms with Crippen molar-refractivity contribution in [1.29, 1.82) is 5.26 Å². The van der Waals surface area contributed by atoms with Crippen molar-refractivity contribution in [2.45, 2.75) is 45.2 Å². The lowest BCUT2D eigenvalue weighted by atomic mass is 9.81. The second-order valence-electron chi connectivity index (χ2n) is 8.93. The van der Waals surface area contributed by atoms with Crippen molar-refractivity contribution in [3.63, 3.8) is 0 Å². The third-order valence-electron chi connectivity index (χ3n) is 5.28. The first-order chi connectivity index (χ1) is 14.7. The number of ether oxygens (including phenoxy) is 1. The molecule has 2 N–H and O–H groups in total. The molecule has 2 aromatic carbocycles. The van der Waals surface area contributed by atoms with Gasteiger partial charge in [-0.2, -0.15) is 5.26 Å². The Morgan fingerprint density at radius 3 is 2.35 bits per heavy atom. The minimum Gasteiger partial charge on any atom is -0.457 e. The molecule has 1 aliphatic rings. The van der Waals surface area contributed by atoms with Crippen LogP contribution < -0.4 is 15.4 Å². The van der Waals surface area contributed by atoms with Crippen molar-refractivity contribution >= 4 is 22.2 Å². The highest BCUT2D eigenvalue weighted by Crippen LogP contribution is 2.44. The first-order valence-corrected chi connectivity index (χ1v) is 11.0. The second kappa shape index (κ2) is 7.84. The van der Waals surface area contributed by atoms with Crippen molar-refractivity contribution in [3.05, 3.63) is 76.2 Å². The van der Waals surface area contributed by atoms with Gasteiger partial charge < -0.3 is 15.4 Å². The standard InChI is InChI=1S/C25H25N3O2S/c1-24(2)14-19-20(15-26)23(31-21(19)25(3,4)28-24)27-22(29)16-10-12-18(13-11-16)30-17-8-6-5-7-9-17/h5-13,28H,14H2,1-4H3,(H,27,29). The molecule has 0 unspecified atom stereocenters. The fourth-order valence-electron chi connectivity index (χ4n) is 4.21. The molecule has 3 aromatic rings. The largest absolute Gasteiger partial charge is 0.457 e.